The summed E-state index contributed by atoms with van der Waals surface area (Å²) in [6, 6.07) is -0.255. The van der Waals surface area contributed by atoms with E-state index in [0.29, 0.717) is 25.3 Å². The van der Waals surface area contributed by atoms with Crippen molar-refractivity contribution in [1.29, 1.82) is 0 Å². The Kier molecular flexibility index (Phi) is 10.5. The molecular weight excluding hydrogens is 502 g/mol. The molecule has 214 valence electrons. The molecule has 1 heterocycles. The summed E-state index contributed by atoms with van der Waals surface area (Å²) in [5.74, 6) is -0.598. The van der Waals surface area contributed by atoms with E-state index in [4.69, 9.17) is 30.6 Å². The molecule has 0 aromatic heterocycles. The standard InChI is InChI=1S/C27H41N7O5/c28-33-30-17-20-7-1-3-8-22(20)24-27(26(36)37,16-19-6-2-4-9-23(19)32-34-29)31-25(39-24)18-10-12-21(13-11-18)38-15-5-14-35/h18-19,21,23-24,35H,1-17H2,(H,36,37)/t18?,19?,21?,23?,24-,27-/m1/s1. The molecular formula is C27H41N7O5. The minimum atomic E-state index is -1.51. The average Bonchev–Trinajstić information content (AvgIpc) is 3.34. The van der Waals surface area contributed by atoms with Gasteiger partial charge in [0.25, 0.3) is 0 Å². The molecule has 0 spiro atoms. The molecule has 0 saturated heterocycles. The van der Waals surface area contributed by atoms with Crippen molar-refractivity contribution in [3.63, 3.8) is 0 Å². The number of hydrogen-bond donors (Lipinski definition) is 2. The zero-order valence-corrected chi connectivity index (χ0v) is 22.7. The van der Waals surface area contributed by atoms with Crippen molar-refractivity contribution in [1.82, 2.24) is 0 Å². The van der Waals surface area contributed by atoms with Gasteiger partial charge in [-0.2, -0.15) is 0 Å². The van der Waals surface area contributed by atoms with Gasteiger partial charge in [-0.1, -0.05) is 28.6 Å². The Morgan fingerprint density at radius 3 is 2.56 bits per heavy atom. The number of rotatable bonds is 12. The van der Waals surface area contributed by atoms with Gasteiger partial charge >= 0.3 is 5.97 Å². The number of aliphatic imine (C=N–C) groups is 1. The summed E-state index contributed by atoms with van der Waals surface area (Å²) in [4.78, 5) is 24.2. The molecule has 0 aromatic carbocycles. The number of hydrogen-bond acceptors (Lipinski definition) is 7. The molecule has 12 heteroatoms. The molecule has 0 amide bonds. The van der Waals surface area contributed by atoms with Crippen molar-refractivity contribution >= 4 is 11.9 Å². The first-order chi connectivity index (χ1) is 19.0. The van der Waals surface area contributed by atoms with Crippen molar-refractivity contribution in [3.8, 4) is 0 Å². The highest BCUT2D eigenvalue weighted by molar-refractivity contribution is 5.91. The first kappa shape index (κ1) is 29.2. The maximum Gasteiger partial charge on any atom is 0.336 e. The van der Waals surface area contributed by atoms with Gasteiger partial charge in [0.05, 0.1) is 6.10 Å². The third-order valence-corrected chi connectivity index (χ3v) is 8.94. The van der Waals surface area contributed by atoms with Crippen LogP contribution in [0.3, 0.4) is 0 Å². The lowest BCUT2D eigenvalue weighted by molar-refractivity contribution is -0.146. The molecule has 2 saturated carbocycles. The van der Waals surface area contributed by atoms with Crippen LogP contribution in [-0.2, 0) is 14.3 Å². The van der Waals surface area contributed by atoms with Gasteiger partial charge in [-0.3, -0.25) is 0 Å². The van der Waals surface area contributed by atoms with Crippen LogP contribution in [0.1, 0.15) is 89.9 Å². The monoisotopic (exact) mass is 543 g/mol. The first-order valence-corrected chi connectivity index (χ1v) is 14.5. The molecule has 4 rings (SSSR count). The van der Waals surface area contributed by atoms with Gasteiger partial charge in [0, 0.05) is 41.5 Å². The lowest BCUT2D eigenvalue weighted by Crippen LogP contribution is -2.50. The second kappa shape index (κ2) is 14.0. The number of carboxylic acids is 1. The van der Waals surface area contributed by atoms with Crippen molar-refractivity contribution in [2.24, 2.45) is 27.1 Å². The average molecular weight is 544 g/mol. The molecule has 2 fully saturated rings. The fourth-order valence-electron chi connectivity index (χ4n) is 6.89. The number of carboxylic acid groups (broad SMARTS) is 1. The summed E-state index contributed by atoms with van der Waals surface area (Å²) in [6.45, 7) is 0.846. The quantitative estimate of drug-likeness (QED) is 0.100. The molecule has 1 aliphatic heterocycles. The zero-order chi connectivity index (χ0) is 27.7. The Labute approximate surface area is 229 Å². The maximum atomic E-state index is 13.2. The Balaban J connectivity index is 1.65. The Bertz CT molecular complexity index is 1030. The van der Waals surface area contributed by atoms with Gasteiger partial charge in [-0.25, -0.2) is 9.79 Å². The van der Waals surface area contributed by atoms with Crippen LogP contribution < -0.4 is 0 Å². The highest BCUT2D eigenvalue weighted by atomic mass is 16.5. The largest absolute Gasteiger partial charge is 0.479 e. The normalized spacial score (nSPS) is 32.9. The summed E-state index contributed by atoms with van der Waals surface area (Å²) in [5.41, 5.74) is 18.5. The molecule has 0 aromatic rings. The van der Waals surface area contributed by atoms with Crippen LogP contribution in [0.2, 0.25) is 0 Å². The smallest absolute Gasteiger partial charge is 0.336 e. The molecule has 3 aliphatic carbocycles. The van der Waals surface area contributed by atoms with E-state index in [1.807, 2.05) is 0 Å². The molecule has 4 atom stereocenters. The number of aliphatic carboxylic acids is 1. The van der Waals surface area contributed by atoms with Gasteiger partial charge in [0.1, 0.15) is 0 Å². The summed E-state index contributed by atoms with van der Waals surface area (Å²) < 4.78 is 12.5. The number of ether oxygens (including phenoxy) is 2. The van der Waals surface area contributed by atoms with E-state index in [2.05, 4.69) is 20.1 Å². The fraction of sp³-hybridized carbons (Fsp3) is 0.852. The molecule has 2 unspecified atom stereocenters. The van der Waals surface area contributed by atoms with E-state index >= 15 is 0 Å². The lowest BCUT2D eigenvalue weighted by Gasteiger charge is -2.37. The second-order valence-electron chi connectivity index (χ2n) is 11.3. The Morgan fingerprint density at radius 1 is 1.08 bits per heavy atom. The van der Waals surface area contributed by atoms with Gasteiger partial charge in [0.15, 0.2) is 12.0 Å². The maximum absolute atomic E-state index is 13.2. The van der Waals surface area contributed by atoms with Crippen molar-refractivity contribution < 1.29 is 24.5 Å². The predicted molar refractivity (Wildman–Crippen MR) is 145 cm³/mol. The number of aliphatic hydroxyl groups excluding tert-OH is 1. The highest BCUT2D eigenvalue weighted by Gasteiger charge is 2.57. The highest BCUT2D eigenvalue weighted by Crippen LogP contribution is 2.46. The van der Waals surface area contributed by atoms with Crippen molar-refractivity contribution in [3.05, 3.63) is 32.0 Å². The molecule has 4 aliphatic rings. The van der Waals surface area contributed by atoms with Crippen LogP contribution in [0.4, 0.5) is 0 Å². The zero-order valence-electron chi connectivity index (χ0n) is 22.7. The summed E-state index contributed by atoms with van der Waals surface area (Å²) >= 11 is 0. The second-order valence-corrected chi connectivity index (χ2v) is 11.3. The third kappa shape index (κ3) is 6.87. The fourth-order valence-corrected chi connectivity index (χ4v) is 6.89. The summed E-state index contributed by atoms with van der Waals surface area (Å²) in [6.07, 6.45) is 10.2. The van der Waals surface area contributed by atoms with Crippen LogP contribution in [0.15, 0.2) is 26.4 Å². The number of nitrogens with zero attached hydrogens (tertiary/aromatic N) is 7. The molecule has 12 nitrogen and oxygen atoms in total. The number of aliphatic hydroxyl groups is 1. The number of azide groups is 2. The van der Waals surface area contributed by atoms with E-state index in [1.165, 1.54) is 0 Å². The predicted octanol–water partition coefficient (Wildman–Crippen LogP) is 6.01. The molecule has 39 heavy (non-hydrogen) atoms. The topological polar surface area (TPSA) is 186 Å². The third-order valence-electron chi connectivity index (χ3n) is 8.94. The van der Waals surface area contributed by atoms with E-state index < -0.39 is 17.6 Å². The molecule has 0 bridgehead atoms. The van der Waals surface area contributed by atoms with E-state index in [1.54, 1.807) is 0 Å². The lowest BCUT2D eigenvalue weighted by atomic mass is 9.72. The van der Waals surface area contributed by atoms with Crippen LogP contribution in [0.5, 0.6) is 0 Å². The van der Waals surface area contributed by atoms with Crippen molar-refractivity contribution in [2.75, 3.05) is 19.8 Å². The van der Waals surface area contributed by atoms with E-state index in [0.717, 1.165) is 81.8 Å². The van der Waals surface area contributed by atoms with E-state index in [9.17, 15) is 9.90 Å². The Morgan fingerprint density at radius 2 is 1.85 bits per heavy atom. The van der Waals surface area contributed by atoms with Crippen LogP contribution in [0, 0.1) is 11.8 Å². The SMILES string of the molecule is [N-]=[N+]=NCC1=C([C@H]2OC(C3CCC(OCCCO)CC3)=N[C@@]2(CC2CCCCC2N=[N+]=[N-])C(=O)O)CCCC1. The minimum Gasteiger partial charge on any atom is -0.479 e. The summed E-state index contributed by atoms with van der Waals surface area (Å²) in [7, 11) is 0. The van der Waals surface area contributed by atoms with E-state index in [-0.39, 0.29) is 43.6 Å². The van der Waals surface area contributed by atoms with Gasteiger partial charge in [-0.15, -0.1) is 0 Å². The number of carbonyl (C=O) groups is 1. The van der Waals surface area contributed by atoms with Gasteiger partial charge < -0.3 is 19.7 Å². The van der Waals surface area contributed by atoms with Gasteiger partial charge in [-0.05, 0) is 99.6 Å². The summed E-state index contributed by atoms with van der Waals surface area (Å²) in [5, 5.41) is 27.7. The molecule has 2 N–H and O–H groups in total. The van der Waals surface area contributed by atoms with Crippen molar-refractivity contribution in [2.45, 2.75) is 114 Å². The first-order valence-electron chi connectivity index (χ1n) is 14.5. The van der Waals surface area contributed by atoms with Crippen LogP contribution in [0.25, 0.3) is 20.9 Å². The van der Waals surface area contributed by atoms with Crippen LogP contribution >= 0.6 is 0 Å². The van der Waals surface area contributed by atoms with Gasteiger partial charge in [0.2, 0.25) is 5.54 Å². The Hall–Kier alpha value is -2.78. The molecule has 0 radical (unpaired) electrons. The van der Waals surface area contributed by atoms with Crippen LogP contribution in [-0.4, -0.2) is 65.6 Å². The minimum absolute atomic E-state index is 0.00969.